The highest BCUT2D eigenvalue weighted by atomic mass is 16.4. The summed E-state index contributed by atoms with van der Waals surface area (Å²) in [5.41, 5.74) is -0.0938. The normalized spacial score (nSPS) is 20.8. The molecule has 0 saturated carbocycles. The predicted molar refractivity (Wildman–Crippen MR) is 75.4 cm³/mol. The maximum absolute atomic E-state index is 11.9. The van der Waals surface area contributed by atoms with Crippen LogP contribution < -0.4 is 5.32 Å². The summed E-state index contributed by atoms with van der Waals surface area (Å²) in [6.45, 7) is 7.34. The highest BCUT2D eigenvalue weighted by Crippen LogP contribution is 2.24. The number of carbonyl (C=O) groups is 2. The molecule has 2 atom stereocenters. The largest absolute Gasteiger partial charge is 0.481 e. The molecule has 1 aliphatic rings. The quantitative estimate of drug-likeness (QED) is 0.707. The fourth-order valence-corrected chi connectivity index (χ4v) is 2.47. The van der Waals surface area contributed by atoms with Crippen LogP contribution in [0, 0.1) is 17.3 Å². The Balaban J connectivity index is 2.43. The first-order valence-electron chi connectivity index (χ1n) is 7.09. The van der Waals surface area contributed by atoms with Crippen LogP contribution in [0.25, 0.3) is 0 Å². The van der Waals surface area contributed by atoms with Crippen LogP contribution in [-0.4, -0.2) is 53.4 Å². The van der Waals surface area contributed by atoms with Crippen LogP contribution >= 0.6 is 0 Å². The van der Waals surface area contributed by atoms with Crippen LogP contribution in [0.15, 0.2) is 0 Å². The standard InChI is InChI=1S/C14H26N2O4/c1-14(2,3)6-11(12(18)19)7-15-13(20)16-5-4-10(8-16)9-17/h10-11,17H,4-9H2,1-3H3,(H,15,20)(H,18,19). The average Bonchev–Trinajstić information content (AvgIpc) is 2.81. The number of nitrogens with zero attached hydrogens (tertiary/aromatic N) is 1. The minimum absolute atomic E-state index is 0.0888. The van der Waals surface area contributed by atoms with Gasteiger partial charge in [0.2, 0.25) is 0 Å². The molecule has 116 valence electrons. The lowest BCUT2D eigenvalue weighted by atomic mass is 9.84. The van der Waals surface area contributed by atoms with E-state index >= 15 is 0 Å². The van der Waals surface area contributed by atoms with Gasteiger partial charge in [-0.2, -0.15) is 0 Å². The van der Waals surface area contributed by atoms with Gasteiger partial charge in [-0.1, -0.05) is 20.8 Å². The first-order chi connectivity index (χ1) is 9.23. The first kappa shape index (κ1) is 16.8. The van der Waals surface area contributed by atoms with Gasteiger partial charge in [0.25, 0.3) is 0 Å². The summed E-state index contributed by atoms with van der Waals surface area (Å²) in [6, 6.07) is -0.235. The maximum Gasteiger partial charge on any atom is 0.317 e. The van der Waals surface area contributed by atoms with Crippen LogP contribution in [0.2, 0.25) is 0 Å². The average molecular weight is 286 g/mol. The van der Waals surface area contributed by atoms with E-state index in [1.54, 1.807) is 4.90 Å². The SMILES string of the molecule is CC(C)(C)CC(CNC(=O)N1CCC(CO)C1)C(=O)O. The van der Waals surface area contributed by atoms with E-state index in [0.29, 0.717) is 19.5 Å². The van der Waals surface area contributed by atoms with Crippen LogP contribution in [0.3, 0.4) is 0 Å². The molecule has 0 aromatic rings. The van der Waals surface area contributed by atoms with Crippen molar-refractivity contribution in [3.8, 4) is 0 Å². The van der Waals surface area contributed by atoms with E-state index in [1.807, 2.05) is 20.8 Å². The zero-order valence-corrected chi connectivity index (χ0v) is 12.6. The van der Waals surface area contributed by atoms with Crippen LogP contribution in [0.5, 0.6) is 0 Å². The molecule has 3 N–H and O–H groups in total. The van der Waals surface area contributed by atoms with Crippen LogP contribution in [0.4, 0.5) is 4.79 Å². The van der Waals surface area contributed by atoms with Crippen molar-refractivity contribution in [3.05, 3.63) is 0 Å². The van der Waals surface area contributed by atoms with Crippen molar-refractivity contribution >= 4 is 12.0 Å². The summed E-state index contributed by atoms with van der Waals surface area (Å²) in [6.07, 6.45) is 1.32. The van der Waals surface area contributed by atoms with E-state index in [9.17, 15) is 14.7 Å². The molecular weight excluding hydrogens is 260 g/mol. The third-order valence-corrected chi connectivity index (χ3v) is 3.54. The number of rotatable bonds is 5. The highest BCUT2D eigenvalue weighted by Gasteiger charge is 2.28. The van der Waals surface area contributed by atoms with E-state index in [-0.39, 0.29) is 30.5 Å². The lowest BCUT2D eigenvalue weighted by molar-refractivity contribution is -0.142. The molecule has 0 aliphatic carbocycles. The topological polar surface area (TPSA) is 89.9 Å². The zero-order valence-electron chi connectivity index (χ0n) is 12.6. The molecule has 0 radical (unpaired) electrons. The Labute approximate surface area is 120 Å². The molecule has 0 spiro atoms. The number of hydrogen-bond acceptors (Lipinski definition) is 3. The summed E-state index contributed by atoms with van der Waals surface area (Å²) in [5.74, 6) is -1.31. The molecule has 20 heavy (non-hydrogen) atoms. The second kappa shape index (κ2) is 6.92. The molecule has 1 fully saturated rings. The number of aliphatic hydroxyl groups excluding tert-OH is 1. The molecule has 0 aromatic heterocycles. The van der Waals surface area contributed by atoms with Gasteiger partial charge in [0, 0.05) is 32.2 Å². The number of nitrogens with one attached hydrogen (secondary N) is 1. The number of hydrogen-bond donors (Lipinski definition) is 3. The van der Waals surface area contributed by atoms with Crippen molar-refractivity contribution in [3.63, 3.8) is 0 Å². The van der Waals surface area contributed by atoms with Crippen molar-refractivity contribution < 1.29 is 19.8 Å². The fourth-order valence-electron chi connectivity index (χ4n) is 2.47. The molecule has 1 aliphatic heterocycles. The summed E-state index contributed by atoms with van der Waals surface area (Å²) in [7, 11) is 0. The van der Waals surface area contributed by atoms with Gasteiger partial charge in [-0.05, 0) is 18.3 Å². The number of carboxylic acid groups (broad SMARTS) is 1. The Morgan fingerprint density at radius 3 is 2.50 bits per heavy atom. The molecule has 1 saturated heterocycles. The minimum Gasteiger partial charge on any atom is -0.481 e. The number of likely N-dealkylation sites (tertiary alicyclic amines) is 1. The van der Waals surface area contributed by atoms with Crippen molar-refractivity contribution in [2.45, 2.75) is 33.6 Å². The van der Waals surface area contributed by atoms with E-state index < -0.39 is 11.9 Å². The number of aliphatic carboxylic acids is 1. The van der Waals surface area contributed by atoms with Gasteiger partial charge in [0.05, 0.1) is 5.92 Å². The van der Waals surface area contributed by atoms with Gasteiger partial charge in [0.15, 0.2) is 0 Å². The molecule has 0 bridgehead atoms. The van der Waals surface area contributed by atoms with Crippen molar-refractivity contribution in [1.29, 1.82) is 0 Å². The van der Waals surface area contributed by atoms with E-state index in [2.05, 4.69) is 5.32 Å². The van der Waals surface area contributed by atoms with Gasteiger partial charge in [-0.25, -0.2) is 4.79 Å². The second-order valence-corrected chi connectivity index (χ2v) is 6.77. The lowest BCUT2D eigenvalue weighted by Crippen LogP contribution is -2.42. The molecule has 1 heterocycles. The summed E-state index contributed by atoms with van der Waals surface area (Å²) in [5, 5.41) is 20.9. The smallest absolute Gasteiger partial charge is 0.317 e. The number of carbonyl (C=O) groups excluding carboxylic acids is 1. The van der Waals surface area contributed by atoms with Gasteiger partial charge < -0.3 is 20.4 Å². The minimum atomic E-state index is -0.880. The Morgan fingerprint density at radius 2 is 2.05 bits per heavy atom. The van der Waals surface area contributed by atoms with Crippen LogP contribution in [-0.2, 0) is 4.79 Å². The van der Waals surface area contributed by atoms with Gasteiger partial charge >= 0.3 is 12.0 Å². The van der Waals surface area contributed by atoms with E-state index in [1.165, 1.54) is 0 Å². The molecule has 2 unspecified atom stereocenters. The van der Waals surface area contributed by atoms with Crippen molar-refractivity contribution in [2.75, 3.05) is 26.2 Å². The Kier molecular flexibility index (Phi) is 5.80. The fraction of sp³-hybridized carbons (Fsp3) is 0.857. The summed E-state index contributed by atoms with van der Waals surface area (Å²) in [4.78, 5) is 24.8. The van der Waals surface area contributed by atoms with Gasteiger partial charge in [0.1, 0.15) is 0 Å². The Bertz CT molecular complexity index is 352. The summed E-state index contributed by atoms with van der Waals surface area (Å²) >= 11 is 0. The highest BCUT2D eigenvalue weighted by molar-refractivity contribution is 5.76. The number of amides is 2. The van der Waals surface area contributed by atoms with E-state index in [0.717, 1.165) is 6.42 Å². The monoisotopic (exact) mass is 286 g/mol. The zero-order chi connectivity index (χ0) is 15.3. The van der Waals surface area contributed by atoms with Crippen molar-refractivity contribution in [1.82, 2.24) is 10.2 Å². The predicted octanol–water partition coefficient (Wildman–Crippen LogP) is 1.15. The molecule has 6 nitrogen and oxygen atoms in total. The van der Waals surface area contributed by atoms with Crippen LogP contribution in [0.1, 0.15) is 33.6 Å². The third-order valence-electron chi connectivity index (χ3n) is 3.54. The Morgan fingerprint density at radius 1 is 1.40 bits per heavy atom. The molecular formula is C14H26N2O4. The third kappa shape index (κ3) is 5.36. The van der Waals surface area contributed by atoms with E-state index in [4.69, 9.17) is 5.11 Å². The Hall–Kier alpha value is -1.30. The maximum atomic E-state index is 11.9. The molecule has 0 aromatic carbocycles. The second-order valence-electron chi connectivity index (χ2n) is 6.77. The molecule has 1 rings (SSSR count). The van der Waals surface area contributed by atoms with Gasteiger partial charge in [-0.3, -0.25) is 4.79 Å². The lowest BCUT2D eigenvalue weighted by Gasteiger charge is -2.24. The molecule has 2 amide bonds. The molecule has 6 heteroatoms. The number of urea groups is 1. The van der Waals surface area contributed by atoms with Gasteiger partial charge in [-0.15, -0.1) is 0 Å². The number of aliphatic hydroxyl groups is 1. The summed E-state index contributed by atoms with van der Waals surface area (Å²) < 4.78 is 0. The van der Waals surface area contributed by atoms with Crippen molar-refractivity contribution in [2.24, 2.45) is 17.3 Å². The first-order valence-corrected chi connectivity index (χ1v) is 7.09. The number of carboxylic acids is 1.